The van der Waals surface area contributed by atoms with E-state index in [2.05, 4.69) is 9.97 Å². The third-order valence-corrected chi connectivity index (χ3v) is 4.77. The van der Waals surface area contributed by atoms with Crippen LogP contribution in [-0.2, 0) is 16.6 Å². The van der Waals surface area contributed by atoms with E-state index < -0.39 is 15.5 Å². The predicted octanol–water partition coefficient (Wildman–Crippen LogP) is 0.981. The summed E-state index contributed by atoms with van der Waals surface area (Å²) < 4.78 is 26.2. The Morgan fingerprint density at radius 2 is 2.10 bits per heavy atom. The third-order valence-electron chi connectivity index (χ3n) is 2.82. The molecular formula is C13H15N3O3S. The molecule has 0 aliphatic carbocycles. The summed E-state index contributed by atoms with van der Waals surface area (Å²) in [6, 6.07) is 6.49. The first kappa shape index (κ1) is 14.4. The van der Waals surface area contributed by atoms with Gasteiger partial charge in [0.15, 0.2) is 0 Å². The molecule has 2 heterocycles. The zero-order valence-corrected chi connectivity index (χ0v) is 11.8. The highest BCUT2D eigenvalue weighted by atomic mass is 32.2. The topological polar surface area (TPSA) is 83.1 Å². The van der Waals surface area contributed by atoms with E-state index in [0.717, 1.165) is 0 Å². The van der Waals surface area contributed by atoms with Crippen molar-refractivity contribution in [2.45, 2.75) is 18.4 Å². The quantitative estimate of drug-likeness (QED) is 0.890. The summed E-state index contributed by atoms with van der Waals surface area (Å²) in [7, 11) is -3.83. The van der Waals surface area contributed by atoms with Gasteiger partial charge in [-0.15, -0.1) is 0 Å². The summed E-state index contributed by atoms with van der Waals surface area (Å²) in [4.78, 5) is 18.2. The molecule has 0 aliphatic heterocycles. The maximum absolute atomic E-state index is 12.5. The molecule has 0 aliphatic rings. The summed E-state index contributed by atoms with van der Waals surface area (Å²) in [6.07, 6.45) is 4.21. The summed E-state index contributed by atoms with van der Waals surface area (Å²) in [5.41, 5.74) is 0.105. The average molecular weight is 293 g/mol. The monoisotopic (exact) mass is 293 g/mol. The smallest absolute Gasteiger partial charge is 0.248 e. The molecule has 0 fully saturated rings. The van der Waals surface area contributed by atoms with Crippen LogP contribution in [0.15, 0.2) is 52.5 Å². The number of hydrogen-bond donors (Lipinski definition) is 1. The van der Waals surface area contributed by atoms with Crippen LogP contribution < -0.4 is 5.43 Å². The van der Waals surface area contributed by atoms with E-state index in [1.54, 1.807) is 31.3 Å². The van der Waals surface area contributed by atoms with Gasteiger partial charge in [0.25, 0.3) is 0 Å². The van der Waals surface area contributed by atoms with Crippen molar-refractivity contribution < 1.29 is 8.42 Å². The minimum atomic E-state index is -3.83. The van der Waals surface area contributed by atoms with Crippen LogP contribution in [0, 0.1) is 0 Å². The van der Waals surface area contributed by atoms with Crippen LogP contribution in [-0.4, -0.2) is 29.2 Å². The second-order valence-corrected chi connectivity index (χ2v) is 6.03. The number of sulfonamides is 1. The lowest BCUT2D eigenvalue weighted by Crippen LogP contribution is -2.33. The molecule has 0 aromatic carbocycles. The van der Waals surface area contributed by atoms with Crippen molar-refractivity contribution in [3.8, 4) is 0 Å². The van der Waals surface area contributed by atoms with Crippen LogP contribution >= 0.6 is 0 Å². The first-order valence-electron chi connectivity index (χ1n) is 6.13. The Balaban J connectivity index is 2.36. The average Bonchev–Trinajstić information content (AvgIpc) is 2.46. The number of aromatic nitrogens is 2. The van der Waals surface area contributed by atoms with Gasteiger partial charge in [-0.25, -0.2) is 8.42 Å². The molecule has 106 valence electrons. The predicted molar refractivity (Wildman–Crippen MR) is 74.6 cm³/mol. The lowest BCUT2D eigenvalue weighted by molar-refractivity contribution is 0.418. The van der Waals surface area contributed by atoms with Crippen LogP contribution in [0.3, 0.4) is 0 Å². The van der Waals surface area contributed by atoms with E-state index in [9.17, 15) is 13.2 Å². The third kappa shape index (κ3) is 2.94. The highest BCUT2D eigenvalue weighted by molar-refractivity contribution is 7.89. The van der Waals surface area contributed by atoms with Gasteiger partial charge >= 0.3 is 0 Å². The van der Waals surface area contributed by atoms with E-state index in [1.165, 1.54) is 22.8 Å². The molecule has 2 aromatic rings. The number of nitrogens with one attached hydrogen (secondary N) is 1. The van der Waals surface area contributed by atoms with Crippen LogP contribution in [0.4, 0.5) is 0 Å². The van der Waals surface area contributed by atoms with E-state index in [1.807, 2.05) is 0 Å². The lowest BCUT2D eigenvalue weighted by atomic mass is 10.3. The standard InChI is InChI=1S/C13H15N3O3S/c1-2-16(10-11-5-3-4-7-15-11)20(18,19)13-9-14-8-6-12(13)17/h3-9H,2,10H2,1H3,(H,14,17). The summed E-state index contributed by atoms with van der Waals surface area (Å²) in [5.74, 6) is 0. The fourth-order valence-corrected chi connectivity index (χ4v) is 3.24. The number of H-pyrrole nitrogens is 1. The molecular weight excluding hydrogens is 278 g/mol. The number of nitrogens with zero attached hydrogens (tertiary/aromatic N) is 2. The van der Waals surface area contributed by atoms with Gasteiger partial charge in [-0.3, -0.25) is 9.78 Å². The molecule has 0 unspecified atom stereocenters. The molecule has 2 rings (SSSR count). The Kier molecular flexibility index (Phi) is 4.31. The maximum Gasteiger partial charge on any atom is 0.248 e. The number of hydrogen-bond acceptors (Lipinski definition) is 4. The van der Waals surface area contributed by atoms with Crippen molar-refractivity contribution in [3.05, 3.63) is 58.8 Å². The van der Waals surface area contributed by atoms with Crippen LogP contribution in [0.2, 0.25) is 0 Å². The van der Waals surface area contributed by atoms with E-state index in [4.69, 9.17) is 0 Å². The Morgan fingerprint density at radius 3 is 2.70 bits per heavy atom. The fourth-order valence-electron chi connectivity index (χ4n) is 1.78. The first-order chi connectivity index (χ1) is 9.55. The first-order valence-corrected chi connectivity index (χ1v) is 7.57. The van der Waals surface area contributed by atoms with E-state index >= 15 is 0 Å². The fraction of sp³-hybridized carbons (Fsp3) is 0.231. The molecule has 0 spiro atoms. The summed E-state index contributed by atoms with van der Waals surface area (Å²) in [6.45, 7) is 2.11. The van der Waals surface area contributed by atoms with Crippen molar-refractivity contribution in [1.82, 2.24) is 14.3 Å². The van der Waals surface area contributed by atoms with Gasteiger partial charge in [-0.05, 0) is 12.1 Å². The van der Waals surface area contributed by atoms with Crippen molar-refractivity contribution in [1.29, 1.82) is 0 Å². The summed E-state index contributed by atoms with van der Waals surface area (Å²) >= 11 is 0. The highest BCUT2D eigenvalue weighted by Crippen LogP contribution is 2.13. The molecule has 2 aromatic heterocycles. The Labute approximate surface area is 117 Å². The second kappa shape index (κ2) is 5.98. The minimum absolute atomic E-state index is 0.133. The number of aromatic amines is 1. The minimum Gasteiger partial charge on any atom is -0.366 e. The molecule has 0 amide bonds. The van der Waals surface area contributed by atoms with Gasteiger partial charge in [-0.1, -0.05) is 13.0 Å². The van der Waals surface area contributed by atoms with Crippen LogP contribution in [0.1, 0.15) is 12.6 Å². The zero-order chi connectivity index (χ0) is 14.6. The Hall–Kier alpha value is -1.99. The second-order valence-electron chi connectivity index (χ2n) is 4.13. The molecule has 0 atom stereocenters. The molecule has 0 saturated carbocycles. The van der Waals surface area contributed by atoms with Crippen LogP contribution in [0.25, 0.3) is 0 Å². The molecule has 0 bridgehead atoms. The van der Waals surface area contributed by atoms with Gasteiger partial charge in [0.05, 0.1) is 12.2 Å². The van der Waals surface area contributed by atoms with Crippen molar-refractivity contribution in [2.24, 2.45) is 0 Å². The molecule has 1 N–H and O–H groups in total. The van der Waals surface area contributed by atoms with Crippen molar-refractivity contribution in [3.63, 3.8) is 0 Å². The van der Waals surface area contributed by atoms with Crippen molar-refractivity contribution >= 4 is 10.0 Å². The molecule has 0 saturated heterocycles. The highest BCUT2D eigenvalue weighted by Gasteiger charge is 2.25. The summed E-state index contributed by atoms with van der Waals surface area (Å²) in [5, 5.41) is 0. The zero-order valence-electron chi connectivity index (χ0n) is 11.0. The maximum atomic E-state index is 12.5. The Bertz CT molecular complexity index is 726. The number of pyridine rings is 2. The van der Waals surface area contributed by atoms with Gasteiger partial charge in [-0.2, -0.15) is 4.31 Å². The van der Waals surface area contributed by atoms with Crippen molar-refractivity contribution in [2.75, 3.05) is 6.54 Å². The van der Waals surface area contributed by atoms with Gasteiger partial charge < -0.3 is 4.98 Å². The van der Waals surface area contributed by atoms with Crippen LogP contribution in [0.5, 0.6) is 0 Å². The molecule has 7 heteroatoms. The Morgan fingerprint density at radius 1 is 1.30 bits per heavy atom. The van der Waals surface area contributed by atoms with Gasteiger partial charge in [0.2, 0.25) is 15.5 Å². The van der Waals surface area contributed by atoms with E-state index in [0.29, 0.717) is 5.69 Å². The molecule has 20 heavy (non-hydrogen) atoms. The number of rotatable bonds is 5. The van der Waals surface area contributed by atoms with Gasteiger partial charge in [0, 0.05) is 31.2 Å². The SMILES string of the molecule is CCN(Cc1ccccn1)S(=O)(=O)c1c[nH]ccc1=O. The lowest BCUT2D eigenvalue weighted by Gasteiger charge is -2.19. The van der Waals surface area contributed by atoms with Gasteiger partial charge in [0.1, 0.15) is 4.90 Å². The largest absolute Gasteiger partial charge is 0.366 e. The molecule has 6 nitrogen and oxygen atoms in total. The molecule has 0 radical (unpaired) electrons. The van der Waals surface area contributed by atoms with E-state index in [-0.39, 0.29) is 18.0 Å². The normalized spacial score (nSPS) is 11.7.